The number of halogens is 2. The number of nitrogens with zero attached hydrogens (tertiary/aromatic N) is 2. The zero-order valence-corrected chi connectivity index (χ0v) is 16.7. The molecule has 2 rings (SSSR count). The first kappa shape index (κ1) is 21.0. The molecule has 1 aliphatic rings. The zero-order chi connectivity index (χ0) is 19.1. The highest BCUT2D eigenvalue weighted by Crippen LogP contribution is 2.24. The molecule has 0 saturated carbocycles. The van der Waals surface area contributed by atoms with Gasteiger partial charge in [0.05, 0.1) is 23.1 Å². The van der Waals surface area contributed by atoms with Crippen LogP contribution in [0.1, 0.15) is 19.8 Å². The van der Waals surface area contributed by atoms with E-state index >= 15 is 0 Å². The van der Waals surface area contributed by atoms with Crippen molar-refractivity contribution in [1.29, 1.82) is 0 Å². The van der Waals surface area contributed by atoms with Gasteiger partial charge in [-0.15, -0.1) is 0 Å². The van der Waals surface area contributed by atoms with Crippen LogP contribution in [0.5, 0.6) is 0 Å². The number of carbonyl (C=O) groups is 2. The molecule has 6 nitrogen and oxygen atoms in total. The number of likely N-dealkylation sites (N-methyl/N-ethyl adjacent to an activating group) is 1. The lowest BCUT2D eigenvalue weighted by Gasteiger charge is -2.31. The Balaban J connectivity index is 1.71. The first-order chi connectivity index (χ1) is 12.4. The van der Waals surface area contributed by atoms with Crippen LogP contribution in [0.3, 0.4) is 0 Å². The summed E-state index contributed by atoms with van der Waals surface area (Å²) in [6, 6.07) is 5.13. The normalized spacial score (nSPS) is 15.9. The number of anilines is 1. The lowest BCUT2D eigenvalue weighted by Crippen LogP contribution is -2.47. The van der Waals surface area contributed by atoms with Crippen molar-refractivity contribution in [3.63, 3.8) is 0 Å². The van der Waals surface area contributed by atoms with Crippen LogP contribution in [0.2, 0.25) is 10.0 Å². The molecule has 0 unspecified atom stereocenters. The molecule has 0 aliphatic carbocycles. The first-order valence-electron chi connectivity index (χ1n) is 8.82. The van der Waals surface area contributed by atoms with E-state index in [0.717, 1.165) is 32.5 Å². The van der Waals surface area contributed by atoms with Gasteiger partial charge in [0.2, 0.25) is 11.8 Å². The maximum absolute atomic E-state index is 12.2. The molecule has 2 amide bonds. The van der Waals surface area contributed by atoms with Crippen LogP contribution < -0.4 is 10.6 Å². The number of likely N-dealkylation sites (tertiary alicyclic amines) is 1. The van der Waals surface area contributed by atoms with Gasteiger partial charge in [0.1, 0.15) is 0 Å². The van der Waals surface area contributed by atoms with E-state index in [0.29, 0.717) is 15.7 Å². The fourth-order valence-corrected chi connectivity index (χ4v) is 3.29. The van der Waals surface area contributed by atoms with Gasteiger partial charge in [-0.2, -0.15) is 0 Å². The summed E-state index contributed by atoms with van der Waals surface area (Å²) in [5.74, 6) is -0.264. The average molecular weight is 401 g/mol. The predicted octanol–water partition coefficient (Wildman–Crippen LogP) is 2.46. The highest BCUT2D eigenvalue weighted by Gasteiger charge is 2.20. The number of amides is 2. The van der Waals surface area contributed by atoms with E-state index in [1.54, 1.807) is 30.1 Å². The predicted molar refractivity (Wildman–Crippen MR) is 106 cm³/mol. The van der Waals surface area contributed by atoms with E-state index in [4.69, 9.17) is 23.2 Å². The molecule has 1 aliphatic heterocycles. The van der Waals surface area contributed by atoms with Crippen LogP contribution in [-0.2, 0) is 9.59 Å². The average Bonchev–Trinajstić information content (AvgIpc) is 2.58. The third-order valence-electron chi connectivity index (χ3n) is 4.43. The number of rotatable bonds is 7. The van der Waals surface area contributed by atoms with Crippen LogP contribution in [0.4, 0.5) is 5.69 Å². The second-order valence-electron chi connectivity index (χ2n) is 6.63. The number of benzene rings is 1. The summed E-state index contributed by atoms with van der Waals surface area (Å²) in [5.41, 5.74) is 0.574. The maximum Gasteiger partial charge on any atom is 0.238 e. The number of hydrogen-bond acceptors (Lipinski definition) is 4. The second kappa shape index (κ2) is 10.1. The fraction of sp³-hybridized carbons (Fsp3) is 0.556. The summed E-state index contributed by atoms with van der Waals surface area (Å²) in [4.78, 5) is 28.3. The molecule has 1 aromatic rings. The monoisotopic (exact) mass is 400 g/mol. The van der Waals surface area contributed by atoms with E-state index in [1.165, 1.54) is 0 Å². The van der Waals surface area contributed by atoms with Crippen molar-refractivity contribution in [2.45, 2.75) is 25.8 Å². The largest absolute Gasteiger partial charge is 0.352 e. The molecule has 26 heavy (non-hydrogen) atoms. The Labute approximate surface area is 164 Å². The van der Waals surface area contributed by atoms with Gasteiger partial charge in [-0.3, -0.25) is 14.5 Å². The second-order valence-corrected chi connectivity index (χ2v) is 7.44. The van der Waals surface area contributed by atoms with Gasteiger partial charge >= 0.3 is 0 Å². The summed E-state index contributed by atoms with van der Waals surface area (Å²) < 4.78 is 0. The van der Waals surface area contributed by atoms with Gasteiger partial charge < -0.3 is 15.5 Å². The molecule has 0 radical (unpaired) electrons. The van der Waals surface area contributed by atoms with E-state index < -0.39 is 0 Å². The zero-order valence-electron chi connectivity index (χ0n) is 15.2. The van der Waals surface area contributed by atoms with E-state index in [-0.39, 0.29) is 30.9 Å². The Morgan fingerprint density at radius 2 is 1.81 bits per heavy atom. The Hall–Kier alpha value is -1.34. The lowest BCUT2D eigenvalue weighted by molar-refractivity contribution is -0.123. The van der Waals surface area contributed by atoms with E-state index in [2.05, 4.69) is 22.5 Å². The van der Waals surface area contributed by atoms with E-state index in [9.17, 15) is 9.59 Å². The van der Waals surface area contributed by atoms with Crippen molar-refractivity contribution >= 4 is 40.7 Å². The van der Waals surface area contributed by atoms with Gasteiger partial charge in [-0.25, -0.2) is 0 Å². The summed E-state index contributed by atoms with van der Waals surface area (Å²) >= 11 is 11.8. The van der Waals surface area contributed by atoms with Gasteiger partial charge in [0, 0.05) is 24.8 Å². The lowest BCUT2D eigenvalue weighted by atomic mass is 10.1. The highest BCUT2D eigenvalue weighted by atomic mass is 35.5. The summed E-state index contributed by atoms with van der Waals surface area (Å²) in [5, 5.41) is 6.62. The molecule has 1 fully saturated rings. The van der Waals surface area contributed by atoms with Gasteiger partial charge in [-0.05, 0) is 44.6 Å². The van der Waals surface area contributed by atoms with Crippen molar-refractivity contribution in [1.82, 2.24) is 15.1 Å². The molecule has 144 valence electrons. The molecule has 1 saturated heterocycles. The molecular formula is C18H26Cl2N4O2. The smallest absolute Gasteiger partial charge is 0.238 e. The number of piperidine rings is 1. The molecule has 1 aromatic carbocycles. The van der Waals surface area contributed by atoms with Crippen LogP contribution in [0.15, 0.2) is 18.2 Å². The number of carbonyl (C=O) groups excluding carboxylic acids is 2. The van der Waals surface area contributed by atoms with Gasteiger partial charge in [0.15, 0.2) is 0 Å². The molecule has 0 aromatic heterocycles. The molecule has 8 heteroatoms. The van der Waals surface area contributed by atoms with Gasteiger partial charge in [0.25, 0.3) is 0 Å². The maximum atomic E-state index is 12.2. The van der Waals surface area contributed by atoms with Gasteiger partial charge in [-0.1, -0.05) is 30.1 Å². The molecule has 0 bridgehead atoms. The van der Waals surface area contributed by atoms with Crippen LogP contribution >= 0.6 is 23.2 Å². The Kier molecular flexibility index (Phi) is 8.15. The summed E-state index contributed by atoms with van der Waals surface area (Å²) in [7, 11) is 1.74. The topological polar surface area (TPSA) is 64.7 Å². The Morgan fingerprint density at radius 3 is 2.42 bits per heavy atom. The van der Waals surface area contributed by atoms with Crippen LogP contribution in [0, 0.1) is 0 Å². The van der Waals surface area contributed by atoms with Crippen molar-refractivity contribution in [3.05, 3.63) is 28.2 Å². The third kappa shape index (κ3) is 6.76. The van der Waals surface area contributed by atoms with Crippen LogP contribution in [-0.4, -0.2) is 67.4 Å². The first-order valence-corrected chi connectivity index (χ1v) is 9.58. The quantitative estimate of drug-likeness (QED) is 0.737. The van der Waals surface area contributed by atoms with Crippen molar-refractivity contribution < 1.29 is 9.59 Å². The standard InChI is InChI=1S/C18H26Cl2N4O2/c1-3-24-8-6-13(7-9-24)21-17(25)11-23(2)12-18(26)22-14-4-5-15(19)16(20)10-14/h4-5,10,13H,3,6-9,11-12H2,1-2H3,(H,21,25)(H,22,26). The molecule has 2 N–H and O–H groups in total. The molecule has 0 atom stereocenters. The minimum Gasteiger partial charge on any atom is -0.352 e. The molecule has 0 spiro atoms. The van der Waals surface area contributed by atoms with Crippen molar-refractivity contribution in [2.75, 3.05) is 45.1 Å². The molecule has 1 heterocycles. The third-order valence-corrected chi connectivity index (χ3v) is 5.17. The summed E-state index contributed by atoms with van der Waals surface area (Å²) in [6.45, 7) is 5.53. The van der Waals surface area contributed by atoms with E-state index in [1.807, 2.05) is 0 Å². The highest BCUT2D eigenvalue weighted by molar-refractivity contribution is 6.42. The minimum absolute atomic E-state index is 0.0511. The fourth-order valence-electron chi connectivity index (χ4n) is 2.99. The number of hydrogen-bond donors (Lipinski definition) is 2. The molecular weight excluding hydrogens is 375 g/mol. The van der Waals surface area contributed by atoms with Crippen LogP contribution in [0.25, 0.3) is 0 Å². The Bertz CT molecular complexity index is 634. The summed E-state index contributed by atoms with van der Waals surface area (Å²) in [6.07, 6.45) is 1.95. The Morgan fingerprint density at radius 1 is 1.15 bits per heavy atom. The minimum atomic E-state index is -0.213. The van der Waals surface area contributed by atoms with Crippen molar-refractivity contribution in [3.8, 4) is 0 Å². The van der Waals surface area contributed by atoms with Crippen molar-refractivity contribution in [2.24, 2.45) is 0 Å². The SMILES string of the molecule is CCN1CCC(NC(=O)CN(C)CC(=O)Nc2ccc(Cl)c(Cl)c2)CC1. The number of nitrogens with one attached hydrogen (secondary N) is 2.